The van der Waals surface area contributed by atoms with Gasteiger partial charge in [-0.2, -0.15) is 0 Å². The highest BCUT2D eigenvalue weighted by Crippen LogP contribution is 2.27. The quantitative estimate of drug-likeness (QED) is 0.488. The first kappa shape index (κ1) is 13.7. The summed E-state index contributed by atoms with van der Waals surface area (Å²) >= 11 is 2.21. The van der Waals surface area contributed by atoms with Gasteiger partial charge in [0.25, 0.3) is 0 Å². The lowest BCUT2D eigenvalue weighted by Crippen LogP contribution is -2.03. The van der Waals surface area contributed by atoms with E-state index in [9.17, 15) is 5.11 Å². The molecule has 1 aromatic heterocycles. The topological polar surface area (TPSA) is 33.1 Å². The van der Waals surface area contributed by atoms with Crippen molar-refractivity contribution in [2.45, 2.75) is 38.7 Å². The highest BCUT2D eigenvalue weighted by molar-refractivity contribution is 14.1. The van der Waals surface area contributed by atoms with Crippen LogP contribution in [0, 0.1) is 3.70 Å². The first-order valence-electron chi connectivity index (χ1n) is 6.45. The Kier molecular flexibility index (Phi) is 4.95. The molecule has 1 atom stereocenters. The summed E-state index contributed by atoms with van der Waals surface area (Å²) in [5.41, 5.74) is 0.827. The molecule has 0 amide bonds. The molecular formula is C15H18INO. The molecule has 1 aromatic carbocycles. The Morgan fingerprint density at radius 3 is 2.83 bits per heavy atom. The standard InChI is InChI=1S/C15H18INO/c1-2-3-4-9-13(18)15-12-8-6-5-7-11(12)10-14(16)17-15/h5-8,10,13,18H,2-4,9H2,1H3. The minimum Gasteiger partial charge on any atom is -0.387 e. The Labute approximate surface area is 122 Å². The van der Waals surface area contributed by atoms with Crippen LogP contribution in [-0.4, -0.2) is 10.1 Å². The fourth-order valence-electron chi connectivity index (χ4n) is 2.17. The summed E-state index contributed by atoms with van der Waals surface area (Å²) in [6, 6.07) is 10.2. The first-order chi connectivity index (χ1) is 8.72. The summed E-state index contributed by atoms with van der Waals surface area (Å²) in [6.45, 7) is 2.17. The summed E-state index contributed by atoms with van der Waals surface area (Å²) in [4.78, 5) is 4.52. The van der Waals surface area contributed by atoms with Crippen molar-refractivity contribution in [3.05, 3.63) is 39.7 Å². The minimum atomic E-state index is -0.448. The Morgan fingerprint density at radius 1 is 1.28 bits per heavy atom. The molecule has 1 N–H and O–H groups in total. The maximum absolute atomic E-state index is 10.3. The van der Waals surface area contributed by atoms with Gasteiger partial charge in [0.15, 0.2) is 0 Å². The first-order valence-corrected chi connectivity index (χ1v) is 7.53. The number of hydrogen-bond acceptors (Lipinski definition) is 2. The number of aliphatic hydroxyl groups is 1. The molecule has 2 aromatic rings. The van der Waals surface area contributed by atoms with Crippen LogP contribution in [0.3, 0.4) is 0 Å². The Hall–Kier alpha value is -0.680. The minimum absolute atomic E-state index is 0.448. The SMILES string of the molecule is CCCCCC(O)c1nc(I)cc2ccccc12. The molecule has 2 rings (SSSR count). The van der Waals surface area contributed by atoms with E-state index in [-0.39, 0.29) is 0 Å². The van der Waals surface area contributed by atoms with Crippen molar-refractivity contribution in [2.75, 3.05) is 0 Å². The van der Waals surface area contributed by atoms with Crippen molar-refractivity contribution in [2.24, 2.45) is 0 Å². The Bertz CT molecular complexity index is 527. The van der Waals surface area contributed by atoms with E-state index in [0.717, 1.165) is 33.0 Å². The van der Waals surface area contributed by atoms with Gasteiger partial charge in [-0.05, 0) is 40.5 Å². The number of halogens is 1. The lowest BCUT2D eigenvalue weighted by atomic mass is 10.0. The molecule has 0 aliphatic carbocycles. The number of aromatic nitrogens is 1. The summed E-state index contributed by atoms with van der Waals surface area (Å²) < 4.78 is 0.941. The molecule has 0 aliphatic rings. The zero-order valence-electron chi connectivity index (χ0n) is 10.6. The Morgan fingerprint density at radius 2 is 2.06 bits per heavy atom. The number of hydrogen-bond donors (Lipinski definition) is 1. The van der Waals surface area contributed by atoms with E-state index < -0.39 is 6.10 Å². The van der Waals surface area contributed by atoms with Crippen LogP contribution in [-0.2, 0) is 0 Å². The number of fused-ring (bicyclic) bond motifs is 1. The van der Waals surface area contributed by atoms with Gasteiger partial charge >= 0.3 is 0 Å². The lowest BCUT2D eigenvalue weighted by molar-refractivity contribution is 0.160. The van der Waals surface area contributed by atoms with Crippen molar-refractivity contribution in [3.63, 3.8) is 0 Å². The molecule has 0 fully saturated rings. The van der Waals surface area contributed by atoms with Gasteiger partial charge in [0, 0.05) is 5.39 Å². The molecule has 0 bridgehead atoms. The van der Waals surface area contributed by atoms with Crippen LogP contribution in [0.5, 0.6) is 0 Å². The van der Waals surface area contributed by atoms with Gasteiger partial charge in [-0.15, -0.1) is 0 Å². The van der Waals surface area contributed by atoms with Gasteiger partial charge in [0.2, 0.25) is 0 Å². The predicted octanol–water partition coefficient (Wildman–Crippen LogP) is 4.45. The lowest BCUT2D eigenvalue weighted by Gasteiger charge is -2.13. The number of pyridine rings is 1. The van der Waals surface area contributed by atoms with E-state index in [1.807, 2.05) is 18.2 Å². The number of benzene rings is 1. The highest BCUT2D eigenvalue weighted by Gasteiger charge is 2.13. The molecule has 2 nitrogen and oxygen atoms in total. The van der Waals surface area contributed by atoms with Crippen LogP contribution in [0.15, 0.2) is 30.3 Å². The average molecular weight is 355 g/mol. The van der Waals surface area contributed by atoms with Crippen LogP contribution in [0.4, 0.5) is 0 Å². The summed E-state index contributed by atoms with van der Waals surface area (Å²) in [6.07, 6.45) is 3.74. The fraction of sp³-hybridized carbons (Fsp3) is 0.400. The molecule has 0 saturated heterocycles. The number of unbranched alkanes of at least 4 members (excludes halogenated alkanes) is 2. The number of nitrogens with zero attached hydrogens (tertiary/aromatic N) is 1. The maximum Gasteiger partial charge on any atom is 0.102 e. The van der Waals surface area contributed by atoms with E-state index >= 15 is 0 Å². The van der Waals surface area contributed by atoms with Crippen molar-refractivity contribution in [1.29, 1.82) is 0 Å². The van der Waals surface area contributed by atoms with Gasteiger partial charge in [-0.1, -0.05) is 50.5 Å². The van der Waals surface area contributed by atoms with Crippen LogP contribution < -0.4 is 0 Å². The molecule has 18 heavy (non-hydrogen) atoms. The summed E-state index contributed by atoms with van der Waals surface area (Å²) in [5.74, 6) is 0. The van der Waals surface area contributed by atoms with Crippen LogP contribution in [0.25, 0.3) is 10.8 Å². The Balaban J connectivity index is 2.31. The van der Waals surface area contributed by atoms with E-state index in [1.54, 1.807) is 0 Å². The molecule has 0 radical (unpaired) electrons. The fourth-order valence-corrected chi connectivity index (χ4v) is 2.77. The van der Waals surface area contributed by atoms with Crippen LogP contribution in [0.2, 0.25) is 0 Å². The van der Waals surface area contributed by atoms with Gasteiger partial charge in [-0.25, -0.2) is 4.98 Å². The number of aliphatic hydroxyl groups excluding tert-OH is 1. The van der Waals surface area contributed by atoms with Crippen molar-refractivity contribution in [1.82, 2.24) is 4.98 Å². The van der Waals surface area contributed by atoms with Crippen molar-refractivity contribution in [3.8, 4) is 0 Å². The van der Waals surface area contributed by atoms with Crippen LogP contribution >= 0.6 is 22.6 Å². The molecule has 0 aliphatic heterocycles. The second kappa shape index (κ2) is 6.48. The third-order valence-corrected chi connectivity index (χ3v) is 3.69. The van der Waals surface area contributed by atoms with Gasteiger partial charge in [-0.3, -0.25) is 0 Å². The van der Waals surface area contributed by atoms with Gasteiger partial charge in [0.1, 0.15) is 3.70 Å². The van der Waals surface area contributed by atoms with Gasteiger partial charge < -0.3 is 5.11 Å². The molecule has 1 heterocycles. The van der Waals surface area contributed by atoms with E-state index in [0.29, 0.717) is 0 Å². The number of rotatable bonds is 5. The van der Waals surface area contributed by atoms with Crippen molar-refractivity contribution < 1.29 is 5.11 Å². The van der Waals surface area contributed by atoms with Crippen LogP contribution in [0.1, 0.15) is 44.4 Å². The zero-order chi connectivity index (χ0) is 13.0. The van der Waals surface area contributed by atoms with E-state index in [4.69, 9.17) is 0 Å². The normalized spacial score (nSPS) is 12.8. The zero-order valence-corrected chi connectivity index (χ0v) is 12.7. The summed E-state index contributed by atoms with van der Waals surface area (Å²) in [5, 5.41) is 12.5. The third kappa shape index (κ3) is 3.20. The maximum atomic E-state index is 10.3. The van der Waals surface area contributed by atoms with Crippen molar-refractivity contribution >= 4 is 33.4 Å². The second-order valence-electron chi connectivity index (χ2n) is 4.56. The monoisotopic (exact) mass is 355 g/mol. The largest absolute Gasteiger partial charge is 0.387 e. The van der Waals surface area contributed by atoms with Gasteiger partial charge in [0.05, 0.1) is 11.8 Å². The highest BCUT2D eigenvalue weighted by atomic mass is 127. The molecule has 0 saturated carbocycles. The third-order valence-electron chi connectivity index (χ3n) is 3.14. The molecular weight excluding hydrogens is 337 g/mol. The molecule has 1 unspecified atom stereocenters. The molecule has 0 spiro atoms. The second-order valence-corrected chi connectivity index (χ2v) is 5.67. The average Bonchev–Trinajstić information content (AvgIpc) is 2.38. The summed E-state index contributed by atoms with van der Waals surface area (Å²) in [7, 11) is 0. The smallest absolute Gasteiger partial charge is 0.102 e. The predicted molar refractivity (Wildman–Crippen MR) is 83.6 cm³/mol. The molecule has 96 valence electrons. The molecule has 3 heteroatoms. The van der Waals surface area contributed by atoms with E-state index in [1.165, 1.54) is 12.8 Å². The van der Waals surface area contributed by atoms with E-state index in [2.05, 4.69) is 46.6 Å².